The fourth-order valence-electron chi connectivity index (χ4n) is 2.93. The lowest BCUT2D eigenvalue weighted by atomic mass is 10.2. The van der Waals surface area contributed by atoms with Crippen molar-refractivity contribution in [3.63, 3.8) is 0 Å². The van der Waals surface area contributed by atoms with Gasteiger partial charge < -0.3 is 24.7 Å². The Labute approximate surface area is 216 Å². The summed E-state index contributed by atoms with van der Waals surface area (Å²) in [6.07, 6.45) is 3.08. The second kappa shape index (κ2) is 12.5. The normalized spacial score (nSPS) is 10.9. The molecule has 2 N–H and O–H groups in total. The van der Waals surface area contributed by atoms with Gasteiger partial charge in [-0.05, 0) is 42.0 Å². The summed E-state index contributed by atoms with van der Waals surface area (Å²) in [5, 5.41) is 15.1. The third-order valence-electron chi connectivity index (χ3n) is 4.66. The molecule has 3 rings (SSSR count). The van der Waals surface area contributed by atoms with Crippen LogP contribution in [0.5, 0.6) is 11.5 Å². The maximum absolute atomic E-state index is 12.3. The van der Waals surface area contributed by atoms with Gasteiger partial charge in [-0.1, -0.05) is 41.0 Å². The van der Waals surface area contributed by atoms with E-state index in [9.17, 15) is 9.59 Å². The highest BCUT2D eigenvalue weighted by Gasteiger charge is 2.13. The number of anilines is 1. The predicted molar refractivity (Wildman–Crippen MR) is 137 cm³/mol. The Morgan fingerprint density at radius 3 is 2.46 bits per heavy atom. The molecule has 0 saturated heterocycles. The first-order valence-electron chi connectivity index (χ1n) is 10.2. The molecule has 2 amide bonds. The quantitative estimate of drug-likeness (QED) is 0.296. The molecular formula is C23H23Cl2N5O4S. The van der Waals surface area contributed by atoms with E-state index >= 15 is 0 Å². The molecule has 0 aliphatic rings. The predicted octanol–water partition coefficient (Wildman–Crippen LogP) is 4.20. The van der Waals surface area contributed by atoms with Crippen molar-refractivity contribution in [2.45, 2.75) is 11.7 Å². The highest BCUT2D eigenvalue weighted by molar-refractivity contribution is 7.99. The maximum Gasteiger partial charge on any atom is 0.244 e. The lowest BCUT2D eigenvalue weighted by molar-refractivity contribution is -0.116. The maximum atomic E-state index is 12.3. The number of thioether (sulfide) groups is 1. The average molecular weight is 536 g/mol. The number of benzene rings is 2. The van der Waals surface area contributed by atoms with E-state index in [0.29, 0.717) is 38.2 Å². The Morgan fingerprint density at radius 1 is 1.06 bits per heavy atom. The Bertz CT molecular complexity index is 1230. The minimum Gasteiger partial charge on any atom is -0.493 e. The molecule has 1 heterocycles. The van der Waals surface area contributed by atoms with Gasteiger partial charge in [0.1, 0.15) is 0 Å². The van der Waals surface area contributed by atoms with Crippen molar-refractivity contribution in [2.24, 2.45) is 7.05 Å². The smallest absolute Gasteiger partial charge is 0.244 e. The molecule has 3 aromatic rings. The number of carbonyl (C=O) groups excluding carboxylic acids is 2. The SMILES string of the molecule is COc1ccc(C=CC(=O)NCc2nnc(SCC(=O)Nc3cc(Cl)cc(Cl)c3)n2C)cc1OC. The molecule has 184 valence electrons. The first-order chi connectivity index (χ1) is 16.8. The van der Waals surface area contributed by atoms with Crippen molar-refractivity contribution in [1.29, 1.82) is 0 Å². The van der Waals surface area contributed by atoms with E-state index in [2.05, 4.69) is 20.8 Å². The Morgan fingerprint density at radius 2 is 1.77 bits per heavy atom. The van der Waals surface area contributed by atoms with Crippen LogP contribution < -0.4 is 20.1 Å². The molecule has 0 unspecified atom stereocenters. The van der Waals surface area contributed by atoms with Crippen LogP contribution in [0, 0.1) is 0 Å². The molecule has 0 atom stereocenters. The molecule has 0 bridgehead atoms. The standard InChI is InChI=1S/C23H23Cl2N5O4S/c1-30-20(12-26-21(31)7-5-14-4-6-18(33-2)19(8-14)34-3)28-29-23(30)35-13-22(32)27-17-10-15(24)9-16(25)11-17/h4-11H,12-13H2,1-3H3,(H,26,31)(H,27,32). The van der Waals surface area contributed by atoms with Crippen LogP contribution in [-0.4, -0.2) is 46.6 Å². The molecule has 9 nitrogen and oxygen atoms in total. The van der Waals surface area contributed by atoms with Crippen LogP contribution in [0.1, 0.15) is 11.4 Å². The zero-order chi connectivity index (χ0) is 25.4. The van der Waals surface area contributed by atoms with Gasteiger partial charge >= 0.3 is 0 Å². The highest BCUT2D eigenvalue weighted by atomic mass is 35.5. The molecule has 0 fully saturated rings. The van der Waals surface area contributed by atoms with E-state index in [0.717, 1.165) is 5.56 Å². The number of hydrogen-bond donors (Lipinski definition) is 2. The van der Waals surface area contributed by atoms with Crippen LogP contribution in [0.4, 0.5) is 5.69 Å². The molecule has 0 aliphatic heterocycles. The second-order valence-corrected chi connectivity index (χ2v) is 8.93. The molecular weight excluding hydrogens is 513 g/mol. The zero-order valence-electron chi connectivity index (χ0n) is 19.2. The van der Waals surface area contributed by atoms with Crippen LogP contribution in [0.3, 0.4) is 0 Å². The molecule has 1 aromatic heterocycles. The molecule has 0 radical (unpaired) electrons. The van der Waals surface area contributed by atoms with E-state index in [1.54, 1.807) is 62.2 Å². The average Bonchev–Trinajstić information content (AvgIpc) is 3.18. The van der Waals surface area contributed by atoms with Gasteiger partial charge in [-0.25, -0.2) is 0 Å². The van der Waals surface area contributed by atoms with Crippen molar-refractivity contribution in [2.75, 3.05) is 25.3 Å². The molecule has 0 saturated carbocycles. The van der Waals surface area contributed by atoms with Gasteiger partial charge in [0.2, 0.25) is 11.8 Å². The van der Waals surface area contributed by atoms with E-state index in [1.165, 1.54) is 17.8 Å². The first kappa shape index (κ1) is 26.4. The van der Waals surface area contributed by atoms with Crippen LogP contribution in [0.15, 0.2) is 47.6 Å². The molecule has 2 aromatic carbocycles. The third kappa shape index (κ3) is 7.64. The topological polar surface area (TPSA) is 107 Å². The summed E-state index contributed by atoms with van der Waals surface area (Å²) in [5.74, 6) is 1.29. The fraction of sp³-hybridized carbons (Fsp3) is 0.217. The van der Waals surface area contributed by atoms with Gasteiger partial charge in [0, 0.05) is 28.9 Å². The number of methoxy groups -OCH3 is 2. The number of carbonyl (C=O) groups is 2. The van der Waals surface area contributed by atoms with E-state index < -0.39 is 0 Å². The summed E-state index contributed by atoms with van der Waals surface area (Å²) in [6, 6.07) is 10.1. The molecule has 12 heteroatoms. The van der Waals surface area contributed by atoms with E-state index in [-0.39, 0.29) is 24.1 Å². The van der Waals surface area contributed by atoms with Gasteiger partial charge in [-0.3, -0.25) is 9.59 Å². The van der Waals surface area contributed by atoms with Gasteiger partial charge in [0.15, 0.2) is 22.5 Å². The van der Waals surface area contributed by atoms with Crippen molar-refractivity contribution < 1.29 is 19.1 Å². The lowest BCUT2D eigenvalue weighted by Crippen LogP contribution is -2.22. The van der Waals surface area contributed by atoms with Crippen molar-refractivity contribution in [3.05, 3.63) is 63.9 Å². The summed E-state index contributed by atoms with van der Waals surface area (Å²) in [6.45, 7) is 0.173. The van der Waals surface area contributed by atoms with Gasteiger partial charge in [-0.2, -0.15) is 0 Å². The van der Waals surface area contributed by atoms with Crippen molar-refractivity contribution >= 4 is 58.5 Å². The number of nitrogens with one attached hydrogen (secondary N) is 2. The van der Waals surface area contributed by atoms with Gasteiger partial charge in [0.05, 0.1) is 26.5 Å². The first-order valence-corrected chi connectivity index (χ1v) is 12.0. The van der Waals surface area contributed by atoms with E-state index in [1.807, 2.05) is 6.07 Å². The Hall–Kier alpha value is -3.21. The second-order valence-electron chi connectivity index (χ2n) is 7.12. The number of amides is 2. The summed E-state index contributed by atoms with van der Waals surface area (Å²) >= 11 is 13.1. The van der Waals surface area contributed by atoms with Crippen LogP contribution >= 0.6 is 35.0 Å². The van der Waals surface area contributed by atoms with Crippen molar-refractivity contribution in [3.8, 4) is 11.5 Å². The number of rotatable bonds is 10. The molecule has 35 heavy (non-hydrogen) atoms. The number of hydrogen-bond acceptors (Lipinski definition) is 7. The van der Waals surface area contributed by atoms with Crippen molar-refractivity contribution in [1.82, 2.24) is 20.1 Å². The Balaban J connectivity index is 1.50. The highest BCUT2D eigenvalue weighted by Crippen LogP contribution is 2.28. The van der Waals surface area contributed by atoms with Crippen LogP contribution in [0.2, 0.25) is 10.0 Å². The minimum atomic E-state index is -0.295. The van der Waals surface area contributed by atoms with Gasteiger partial charge in [0.25, 0.3) is 0 Å². The monoisotopic (exact) mass is 535 g/mol. The van der Waals surface area contributed by atoms with Gasteiger partial charge in [-0.15, -0.1) is 10.2 Å². The third-order valence-corrected chi connectivity index (χ3v) is 6.12. The molecule has 0 aliphatic carbocycles. The summed E-state index contributed by atoms with van der Waals surface area (Å²) in [4.78, 5) is 24.5. The minimum absolute atomic E-state index is 0.108. The zero-order valence-corrected chi connectivity index (χ0v) is 21.5. The summed E-state index contributed by atoms with van der Waals surface area (Å²) in [5.41, 5.74) is 1.30. The largest absolute Gasteiger partial charge is 0.493 e. The fourth-order valence-corrected chi connectivity index (χ4v) is 4.19. The van der Waals surface area contributed by atoms with Crippen LogP contribution in [0.25, 0.3) is 6.08 Å². The number of halogens is 2. The van der Waals surface area contributed by atoms with E-state index in [4.69, 9.17) is 32.7 Å². The number of aromatic nitrogens is 3. The molecule has 0 spiro atoms. The lowest BCUT2D eigenvalue weighted by Gasteiger charge is -2.07. The summed E-state index contributed by atoms with van der Waals surface area (Å²) < 4.78 is 12.2. The number of nitrogens with zero attached hydrogens (tertiary/aromatic N) is 3. The Kier molecular flexibility index (Phi) is 9.41. The van der Waals surface area contributed by atoms with Crippen LogP contribution in [-0.2, 0) is 23.2 Å². The summed E-state index contributed by atoms with van der Waals surface area (Å²) in [7, 11) is 4.87. The number of ether oxygens (including phenoxy) is 2.